The molecule has 0 radical (unpaired) electrons. The predicted octanol–water partition coefficient (Wildman–Crippen LogP) is 4.17. The summed E-state index contributed by atoms with van der Waals surface area (Å²) in [4.78, 5) is 12.6. The third-order valence-electron chi connectivity index (χ3n) is 4.63. The van der Waals surface area contributed by atoms with Gasteiger partial charge in [0, 0.05) is 23.4 Å². The molecule has 0 aliphatic heterocycles. The first-order valence-electron chi connectivity index (χ1n) is 8.81. The van der Waals surface area contributed by atoms with E-state index in [1.165, 1.54) is 5.56 Å². The molecule has 0 atom stereocenters. The topological polar surface area (TPSA) is 25.9 Å². The van der Waals surface area contributed by atoms with Crippen molar-refractivity contribution in [3.05, 3.63) is 102 Å². The second kappa shape index (κ2) is 6.96. The first kappa shape index (κ1) is 16.3. The Morgan fingerprint density at radius 1 is 1.00 bits per heavy atom. The number of nitrogens with zero attached hydrogens (tertiary/aromatic N) is 2. The van der Waals surface area contributed by atoms with Gasteiger partial charge in [-0.25, -0.2) is 4.57 Å². The molecule has 0 aliphatic rings. The number of hydrogen-bond donors (Lipinski definition) is 0. The van der Waals surface area contributed by atoms with E-state index in [0.717, 1.165) is 28.6 Å². The zero-order chi connectivity index (χ0) is 17.9. The van der Waals surface area contributed by atoms with E-state index in [-0.39, 0.29) is 5.78 Å². The zero-order valence-corrected chi connectivity index (χ0v) is 14.8. The molecule has 0 saturated carbocycles. The van der Waals surface area contributed by atoms with Gasteiger partial charge >= 0.3 is 0 Å². The fraction of sp³-hybridized carbons (Fsp3) is 0.130. The molecule has 26 heavy (non-hydrogen) atoms. The van der Waals surface area contributed by atoms with Gasteiger partial charge in [0.1, 0.15) is 0 Å². The zero-order valence-electron chi connectivity index (χ0n) is 14.8. The molecule has 2 aromatic carbocycles. The summed E-state index contributed by atoms with van der Waals surface area (Å²) in [5.41, 5.74) is 4.22. The van der Waals surface area contributed by atoms with Crippen molar-refractivity contribution >= 4 is 16.7 Å². The summed E-state index contributed by atoms with van der Waals surface area (Å²) in [5, 5.41) is 1.14. The highest BCUT2D eigenvalue weighted by molar-refractivity contribution is 5.97. The van der Waals surface area contributed by atoms with Crippen molar-refractivity contribution < 1.29 is 9.36 Å². The van der Waals surface area contributed by atoms with Crippen LogP contribution in [0.25, 0.3) is 10.9 Å². The van der Waals surface area contributed by atoms with Crippen LogP contribution in [-0.2, 0) is 13.1 Å². The molecular formula is C23H21N2O+. The summed E-state index contributed by atoms with van der Waals surface area (Å²) in [6.07, 6.45) is 6.20. The number of ketones is 1. The van der Waals surface area contributed by atoms with Gasteiger partial charge in [-0.1, -0.05) is 54.1 Å². The molecule has 128 valence electrons. The summed E-state index contributed by atoms with van der Waals surface area (Å²) in [6, 6.07) is 22.3. The van der Waals surface area contributed by atoms with E-state index in [9.17, 15) is 4.79 Å². The third kappa shape index (κ3) is 3.42. The maximum atomic E-state index is 12.6. The number of carbonyl (C=O) groups is 1. The van der Waals surface area contributed by atoms with Crippen LogP contribution in [0.3, 0.4) is 0 Å². The van der Waals surface area contributed by atoms with Crippen LogP contribution in [0, 0.1) is 6.92 Å². The Kier molecular flexibility index (Phi) is 4.36. The number of Topliss-reactive ketones (excluding diaryl/α,β-unsaturated/α-hetero) is 1. The van der Waals surface area contributed by atoms with E-state index in [1.807, 2.05) is 48.0 Å². The van der Waals surface area contributed by atoms with Gasteiger partial charge in [0.2, 0.25) is 0 Å². The Morgan fingerprint density at radius 3 is 2.65 bits per heavy atom. The molecule has 4 rings (SSSR count). The Hall–Kier alpha value is -3.20. The number of aromatic nitrogens is 2. The fourth-order valence-corrected chi connectivity index (χ4v) is 3.29. The van der Waals surface area contributed by atoms with Gasteiger partial charge in [0.05, 0.1) is 17.4 Å². The molecule has 0 fully saturated rings. The van der Waals surface area contributed by atoms with E-state index in [2.05, 4.69) is 53.4 Å². The van der Waals surface area contributed by atoms with Crippen molar-refractivity contribution in [2.24, 2.45) is 0 Å². The number of fused-ring (bicyclic) bond motifs is 1. The largest absolute Gasteiger partial charge is 0.339 e. The lowest BCUT2D eigenvalue weighted by atomic mass is 10.1. The number of aryl methyl sites for hydroxylation is 1. The van der Waals surface area contributed by atoms with Gasteiger partial charge in [0.15, 0.2) is 24.7 Å². The van der Waals surface area contributed by atoms with E-state index < -0.39 is 0 Å². The van der Waals surface area contributed by atoms with Gasteiger partial charge in [-0.15, -0.1) is 0 Å². The van der Waals surface area contributed by atoms with E-state index in [4.69, 9.17) is 0 Å². The number of carbonyl (C=O) groups excluding carboxylic acids is 1. The monoisotopic (exact) mass is 341 g/mol. The van der Waals surface area contributed by atoms with Crippen LogP contribution < -0.4 is 4.57 Å². The first-order valence-corrected chi connectivity index (χ1v) is 8.81. The van der Waals surface area contributed by atoms with Crippen LogP contribution in [0.2, 0.25) is 0 Å². The van der Waals surface area contributed by atoms with Crippen LogP contribution in [0.1, 0.15) is 21.5 Å². The van der Waals surface area contributed by atoms with Gasteiger partial charge in [-0.2, -0.15) is 0 Å². The van der Waals surface area contributed by atoms with Gasteiger partial charge in [-0.05, 0) is 19.1 Å². The lowest BCUT2D eigenvalue weighted by Crippen LogP contribution is -2.33. The normalized spacial score (nSPS) is 11.0. The highest BCUT2D eigenvalue weighted by Crippen LogP contribution is 2.15. The number of pyridine rings is 1. The van der Waals surface area contributed by atoms with Crippen molar-refractivity contribution in [1.82, 2.24) is 4.57 Å². The van der Waals surface area contributed by atoms with Crippen molar-refractivity contribution in [3.63, 3.8) is 0 Å². The molecule has 2 aromatic heterocycles. The second-order valence-corrected chi connectivity index (χ2v) is 6.68. The molecule has 0 spiro atoms. The summed E-state index contributed by atoms with van der Waals surface area (Å²) < 4.78 is 4.19. The Labute approximate surface area is 153 Å². The molecule has 0 amide bonds. The summed E-state index contributed by atoms with van der Waals surface area (Å²) >= 11 is 0. The summed E-state index contributed by atoms with van der Waals surface area (Å²) in [5.74, 6) is 0.132. The van der Waals surface area contributed by atoms with Crippen LogP contribution in [0.15, 0.2) is 85.3 Å². The van der Waals surface area contributed by atoms with E-state index in [1.54, 1.807) is 0 Å². The Morgan fingerprint density at radius 2 is 1.85 bits per heavy atom. The number of hydrogen-bond acceptors (Lipinski definition) is 1. The maximum absolute atomic E-state index is 12.6. The van der Waals surface area contributed by atoms with Gasteiger partial charge < -0.3 is 4.57 Å². The van der Waals surface area contributed by atoms with Crippen molar-refractivity contribution in [2.75, 3.05) is 0 Å². The maximum Gasteiger partial charge on any atom is 0.182 e. The SMILES string of the molecule is Cc1cccc(C(=O)Cn2ccc3c[n+](Cc4ccccc4)ccc32)c1. The molecule has 0 unspecified atom stereocenters. The molecule has 0 saturated heterocycles. The molecule has 0 bridgehead atoms. The minimum absolute atomic E-state index is 0.132. The highest BCUT2D eigenvalue weighted by Gasteiger charge is 2.12. The Balaban J connectivity index is 1.56. The van der Waals surface area contributed by atoms with Crippen molar-refractivity contribution in [3.8, 4) is 0 Å². The fourth-order valence-electron chi connectivity index (χ4n) is 3.29. The standard InChI is InChI=1S/C23H21N2O/c1-18-6-5-9-20(14-18)23(26)17-25-13-10-21-16-24(12-11-22(21)25)15-19-7-3-2-4-8-19/h2-14,16H,15,17H2,1H3/q+1. The molecule has 3 nitrogen and oxygen atoms in total. The highest BCUT2D eigenvalue weighted by atomic mass is 16.1. The predicted molar refractivity (Wildman–Crippen MR) is 103 cm³/mol. The lowest BCUT2D eigenvalue weighted by Gasteiger charge is -2.06. The van der Waals surface area contributed by atoms with Gasteiger partial charge in [-0.3, -0.25) is 4.79 Å². The van der Waals surface area contributed by atoms with Crippen LogP contribution >= 0.6 is 0 Å². The van der Waals surface area contributed by atoms with Crippen LogP contribution in [0.5, 0.6) is 0 Å². The van der Waals surface area contributed by atoms with Gasteiger partial charge in [0.25, 0.3) is 0 Å². The van der Waals surface area contributed by atoms with Crippen LogP contribution in [0.4, 0.5) is 0 Å². The molecule has 2 heterocycles. The lowest BCUT2D eigenvalue weighted by molar-refractivity contribution is -0.687. The first-order chi connectivity index (χ1) is 12.7. The third-order valence-corrected chi connectivity index (χ3v) is 4.63. The quantitative estimate of drug-likeness (QED) is 0.395. The molecule has 4 aromatic rings. The van der Waals surface area contributed by atoms with E-state index in [0.29, 0.717) is 6.54 Å². The average Bonchev–Trinajstić information content (AvgIpc) is 3.04. The summed E-state index contributed by atoms with van der Waals surface area (Å²) in [6.45, 7) is 3.20. The molecule has 3 heteroatoms. The smallest absolute Gasteiger partial charge is 0.182 e. The molecule has 0 N–H and O–H groups in total. The van der Waals surface area contributed by atoms with Crippen molar-refractivity contribution in [1.29, 1.82) is 0 Å². The second-order valence-electron chi connectivity index (χ2n) is 6.68. The van der Waals surface area contributed by atoms with Crippen LogP contribution in [-0.4, -0.2) is 10.4 Å². The average molecular weight is 341 g/mol. The van der Waals surface area contributed by atoms with E-state index >= 15 is 0 Å². The van der Waals surface area contributed by atoms with Crippen molar-refractivity contribution in [2.45, 2.75) is 20.0 Å². The minimum Gasteiger partial charge on any atom is -0.339 e. The Bertz CT molecular complexity index is 1060. The number of benzene rings is 2. The summed E-state index contributed by atoms with van der Waals surface area (Å²) in [7, 11) is 0. The molecular weight excluding hydrogens is 320 g/mol. The minimum atomic E-state index is 0.132. The number of rotatable bonds is 5. The molecule has 0 aliphatic carbocycles.